The highest BCUT2D eigenvalue weighted by Crippen LogP contribution is 2.15. The molecule has 10 heteroatoms. The average molecular weight is 389 g/mol. The lowest BCUT2D eigenvalue weighted by Crippen LogP contribution is -2.38. The number of carbonyl (C=O) groups is 2. The first-order valence-electron chi connectivity index (χ1n) is 7.63. The van der Waals surface area contributed by atoms with Crippen LogP contribution in [0.1, 0.15) is 12.0 Å². The summed E-state index contributed by atoms with van der Waals surface area (Å²) in [5, 5.41) is 2.49. The van der Waals surface area contributed by atoms with Gasteiger partial charge in [-0.3, -0.25) is 4.79 Å². The lowest BCUT2D eigenvalue weighted by atomic mass is 10.2. The molecule has 0 aliphatic carbocycles. The number of hydrogen-bond donors (Lipinski definition) is 1. The molecule has 1 unspecified atom stereocenters. The first kappa shape index (κ1) is 19.8. The van der Waals surface area contributed by atoms with E-state index >= 15 is 0 Å². The Morgan fingerprint density at radius 3 is 2.54 bits per heavy atom. The van der Waals surface area contributed by atoms with Crippen molar-refractivity contribution in [3.63, 3.8) is 0 Å². The molecule has 1 saturated heterocycles. The largest absolute Gasteiger partial charge is 0.452 e. The van der Waals surface area contributed by atoms with E-state index in [9.17, 15) is 26.8 Å². The van der Waals surface area contributed by atoms with Gasteiger partial charge in [0.15, 0.2) is 16.4 Å². The minimum absolute atomic E-state index is 0.00896. The summed E-state index contributed by atoms with van der Waals surface area (Å²) in [6.07, 6.45) is 2.80. The van der Waals surface area contributed by atoms with Gasteiger partial charge in [0, 0.05) is 12.1 Å². The number of hydrogen-bond acceptors (Lipinski definition) is 6. The molecule has 1 fully saturated rings. The number of alkyl halides is 2. The fraction of sp³-hybridized carbons (Fsp3) is 0.375. The molecule has 7 nitrogen and oxygen atoms in total. The van der Waals surface area contributed by atoms with Crippen LogP contribution in [0, 0.1) is 0 Å². The van der Waals surface area contributed by atoms with E-state index in [-0.39, 0.29) is 17.3 Å². The fourth-order valence-electron chi connectivity index (χ4n) is 2.29. The number of rotatable bonds is 7. The topological polar surface area (TPSA) is 98.8 Å². The molecule has 142 valence electrons. The molecule has 0 bridgehead atoms. The number of carbonyl (C=O) groups excluding carboxylic acids is 2. The molecule has 26 heavy (non-hydrogen) atoms. The number of halogens is 2. The van der Waals surface area contributed by atoms with Gasteiger partial charge in [-0.1, -0.05) is 12.1 Å². The van der Waals surface area contributed by atoms with Crippen LogP contribution in [-0.2, 0) is 24.2 Å². The summed E-state index contributed by atoms with van der Waals surface area (Å²) in [6, 6.07) is 5.11. The minimum atomic E-state index is -3.11. The first-order chi connectivity index (χ1) is 12.2. The zero-order chi connectivity index (χ0) is 19.2. The highest BCUT2D eigenvalue weighted by Gasteiger charge is 2.28. The van der Waals surface area contributed by atoms with Crippen LogP contribution in [0.3, 0.4) is 0 Å². The summed E-state index contributed by atoms with van der Waals surface area (Å²) in [7, 11) is -3.11. The molecule has 1 amide bonds. The summed E-state index contributed by atoms with van der Waals surface area (Å²) < 4.78 is 55.6. The van der Waals surface area contributed by atoms with Gasteiger partial charge in [0.05, 0.1) is 11.5 Å². The van der Waals surface area contributed by atoms with E-state index in [0.717, 1.165) is 6.08 Å². The standard InChI is InChI=1S/C16H17F2NO6S/c17-16(18)25-13-4-1-11(2-5-13)3-6-15(21)24-9-14(20)19-12-7-8-26(22,23)10-12/h1-6,12,16H,7-10H2,(H,19,20). The number of ether oxygens (including phenoxy) is 2. The van der Waals surface area contributed by atoms with Crippen molar-refractivity contribution in [2.24, 2.45) is 0 Å². The molecule has 1 aromatic rings. The van der Waals surface area contributed by atoms with E-state index < -0.39 is 41.0 Å². The van der Waals surface area contributed by atoms with Gasteiger partial charge in [-0.15, -0.1) is 0 Å². The molecule has 1 aromatic carbocycles. The van der Waals surface area contributed by atoms with Gasteiger partial charge in [-0.2, -0.15) is 8.78 Å². The van der Waals surface area contributed by atoms with Crippen molar-refractivity contribution >= 4 is 27.8 Å². The van der Waals surface area contributed by atoms with Crippen LogP contribution in [0.5, 0.6) is 5.75 Å². The second kappa shape index (κ2) is 8.75. The molecule has 1 atom stereocenters. The quantitative estimate of drug-likeness (QED) is 0.555. The van der Waals surface area contributed by atoms with Gasteiger partial charge in [-0.25, -0.2) is 13.2 Å². The van der Waals surface area contributed by atoms with Crippen LogP contribution in [0.2, 0.25) is 0 Å². The SMILES string of the molecule is O=C(COC(=O)C=Cc1ccc(OC(F)F)cc1)NC1CCS(=O)(=O)C1. The molecule has 0 radical (unpaired) electrons. The predicted octanol–water partition coefficient (Wildman–Crippen LogP) is 1.15. The third kappa shape index (κ3) is 6.79. The van der Waals surface area contributed by atoms with Crippen molar-refractivity contribution in [3.8, 4) is 5.75 Å². The predicted molar refractivity (Wildman–Crippen MR) is 88.3 cm³/mol. The van der Waals surface area contributed by atoms with Crippen molar-refractivity contribution in [1.29, 1.82) is 0 Å². The average Bonchev–Trinajstić information content (AvgIpc) is 2.90. The maximum Gasteiger partial charge on any atom is 0.387 e. The highest BCUT2D eigenvalue weighted by molar-refractivity contribution is 7.91. The maximum absolute atomic E-state index is 12.0. The van der Waals surface area contributed by atoms with E-state index in [4.69, 9.17) is 4.74 Å². The second-order valence-corrected chi connectivity index (χ2v) is 7.78. The smallest absolute Gasteiger partial charge is 0.387 e. The summed E-state index contributed by atoms with van der Waals surface area (Å²) in [4.78, 5) is 23.2. The molecule has 1 N–H and O–H groups in total. The van der Waals surface area contributed by atoms with Crippen LogP contribution in [0.4, 0.5) is 8.78 Å². The van der Waals surface area contributed by atoms with E-state index in [1.165, 1.54) is 30.3 Å². The van der Waals surface area contributed by atoms with Crippen LogP contribution in [0.25, 0.3) is 6.08 Å². The Morgan fingerprint density at radius 2 is 1.96 bits per heavy atom. The van der Waals surface area contributed by atoms with Gasteiger partial charge >= 0.3 is 12.6 Å². The Morgan fingerprint density at radius 1 is 1.27 bits per heavy atom. The van der Waals surface area contributed by atoms with Gasteiger partial charge in [0.1, 0.15) is 5.75 Å². The van der Waals surface area contributed by atoms with Crippen molar-refractivity contribution < 1.29 is 36.3 Å². The monoisotopic (exact) mass is 389 g/mol. The molecule has 1 heterocycles. The normalized spacial score (nSPS) is 18.8. The third-order valence-electron chi connectivity index (χ3n) is 3.46. The zero-order valence-corrected chi connectivity index (χ0v) is 14.4. The number of esters is 1. The third-order valence-corrected chi connectivity index (χ3v) is 5.23. The lowest BCUT2D eigenvalue weighted by Gasteiger charge is -2.10. The van der Waals surface area contributed by atoms with E-state index in [2.05, 4.69) is 10.1 Å². The van der Waals surface area contributed by atoms with Crippen molar-refractivity contribution in [1.82, 2.24) is 5.32 Å². The van der Waals surface area contributed by atoms with Crippen LogP contribution < -0.4 is 10.1 Å². The molecular weight excluding hydrogens is 372 g/mol. The minimum Gasteiger partial charge on any atom is -0.452 e. The van der Waals surface area contributed by atoms with Gasteiger partial charge < -0.3 is 14.8 Å². The Kier molecular flexibility index (Phi) is 6.67. The molecule has 0 aromatic heterocycles. The Hall–Kier alpha value is -2.49. The molecule has 1 aliphatic heterocycles. The second-order valence-electron chi connectivity index (χ2n) is 5.56. The molecule has 1 aliphatic rings. The van der Waals surface area contributed by atoms with Crippen LogP contribution >= 0.6 is 0 Å². The number of amides is 1. The number of nitrogens with one attached hydrogen (secondary N) is 1. The zero-order valence-electron chi connectivity index (χ0n) is 13.6. The Balaban J connectivity index is 1.74. The highest BCUT2D eigenvalue weighted by atomic mass is 32.2. The summed E-state index contributed by atoms with van der Waals surface area (Å²) in [5.74, 6) is -1.45. The molecule has 2 rings (SSSR count). The summed E-state index contributed by atoms with van der Waals surface area (Å²) >= 11 is 0. The van der Waals surface area contributed by atoms with Gasteiger partial charge in [-0.05, 0) is 30.2 Å². The number of sulfone groups is 1. The van der Waals surface area contributed by atoms with E-state index in [0.29, 0.717) is 12.0 Å². The molecule has 0 spiro atoms. The molecular formula is C16H17F2NO6S. The lowest BCUT2D eigenvalue weighted by molar-refractivity contribution is -0.143. The maximum atomic E-state index is 12.0. The van der Waals surface area contributed by atoms with Gasteiger partial charge in [0.2, 0.25) is 0 Å². The number of benzene rings is 1. The summed E-state index contributed by atoms with van der Waals surface area (Å²) in [6.45, 7) is -3.44. The van der Waals surface area contributed by atoms with Crippen molar-refractivity contribution in [2.75, 3.05) is 18.1 Å². The van der Waals surface area contributed by atoms with Gasteiger partial charge in [0.25, 0.3) is 5.91 Å². The molecule has 0 saturated carbocycles. The van der Waals surface area contributed by atoms with Crippen molar-refractivity contribution in [2.45, 2.75) is 19.1 Å². The van der Waals surface area contributed by atoms with E-state index in [1.807, 2.05) is 0 Å². The van der Waals surface area contributed by atoms with Crippen molar-refractivity contribution in [3.05, 3.63) is 35.9 Å². The van der Waals surface area contributed by atoms with Crippen LogP contribution in [-0.4, -0.2) is 51.1 Å². The Labute approximate surface area is 148 Å². The first-order valence-corrected chi connectivity index (χ1v) is 9.45. The van der Waals surface area contributed by atoms with Crippen LogP contribution in [0.15, 0.2) is 30.3 Å². The fourth-order valence-corrected chi connectivity index (χ4v) is 3.96. The Bertz CT molecular complexity index is 776. The summed E-state index contributed by atoms with van der Waals surface area (Å²) in [5.41, 5.74) is 0.546. The van der Waals surface area contributed by atoms with E-state index in [1.54, 1.807) is 0 Å².